The van der Waals surface area contributed by atoms with Crippen molar-refractivity contribution in [3.05, 3.63) is 0 Å². The summed E-state index contributed by atoms with van der Waals surface area (Å²) in [4.78, 5) is 75.4. The van der Waals surface area contributed by atoms with Gasteiger partial charge in [-0.05, 0) is 108 Å². The molecule has 452 valence electrons. The van der Waals surface area contributed by atoms with Crippen molar-refractivity contribution >= 4 is 35.4 Å². The van der Waals surface area contributed by atoms with E-state index in [-0.39, 0.29) is 49.7 Å². The molecule has 6 amide bonds. The predicted molar refractivity (Wildman–Crippen MR) is 288 cm³/mol. The number of rotatable bonds is 39. The van der Waals surface area contributed by atoms with E-state index in [4.69, 9.17) is 23.7 Å². The van der Waals surface area contributed by atoms with Gasteiger partial charge in [-0.1, -0.05) is 46.5 Å². The molecule has 2 aliphatic heterocycles. The Balaban J connectivity index is 1.38. The van der Waals surface area contributed by atoms with Crippen LogP contribution >= 0.6 is 0 Å². The zero-order chi connectivity index (χ0) is 57.4. The van der Waals surface area contributed by atoms with E-state index in [0.29, 0.717) is 115 Å². The number of ether oxygens (including phenoxy) is 5. The Morgan fingerprint density at radius 3 is 1.59 bits per heavy atom. The average molecular weight is 1120 g/mol. The minimum Gasteiger partial charge on any atom is -0.394 e. The number of amides is 6. The summed E-state index contributed by atoms with van der Waals surface area (Å²) in [6, 6.07) is -2.90. The zero-order valence-corrected chi connectivity index (χ0v) is 47.3. The molecular weight excluding hydrogens is 1020 g/mol. The molecule has 3 fully saturated rings. The van der Waals surface area contributed by atoms with E-state index in [1.165, 1.54) is 26.7 Å². The number of unbranched alkanes of at least 4 members (excludes halogenated alkanes) is 7. The lowest BCUT2D eigenvalue weighted by Gasteiger charge is -2.42. The maximum absolute atomic E-state index is 13.5. The molecule has 0 spiro atoms. The molecule has 12 N–H and O–H groups in total. The molecule has 0 radical (unpaired) electrons. The third kappa shape index (κ3) is 26.8. The fourth-order valence-corrected chi connectivity index (χ4v) is 10.1. The van der Waals surface area contributed by atoms with Gasteiger partial charge < -0.3 is 86.2 Å². The van der Waals surface area contributed by atoms with Crippen LogP contribution in [-0.2, 0) is 52.5 Å². The Bertz CT molecular complexity index is 1730. The monoisotopic (exact) mass is 1120 g/mol. The van der Waals surface area contributed by atoms with Crippen LogP contribution in [0.15, 0.2) is 0 Å². The third-order valence-electron chi connectivity index (χ3n) is 14.9. The molecule has 78 heavy (non-hydrogen) atoms. The van der Waals surface area contributed by atoms with Gasteiger partial charge in [0.05, 0.1) is 19.3 Å². The van der Waals surface area contributed by atoms with Crippen LogP contribution in [-0.4, -0.2) is 192 Å². The Morgan fingerprint density at radius 2 is 1.08 bits per heavy atom. The van der Waals surface area contributed by atoms with Gasteiger partial charge in [0, 0.05) is 72.6 Å². The molecule has 2 saturated heterocycles. The molecule has 23 nitrogen and oxygen atoms in total. The lowest BCUT2D eigenvalue weighted by atomic mass is 9.88. The van der Waals surface area contributed by atoms with Gasteiger partial charge in [0.25, 0.3) is 0 Å². The van der Waals surface area contributed by atoms with Crippen molar-refractivity contribution < 1.29 is 83.1 Å². The molecule has 13 atom stereocenters. The quantitative estimate of drug-likeness (QED) is 0.0385. The summed E-state index contributed by atoms with van der Waals surface area (Å²) in [5, 5.41) is 77.4. The molecule has 23 heteroatoms. The smallest absolute Gasteiger partial charge is 0.242 e. The van der Waals surface area contributed by atoms with E-state index in [0.717, 1.165) is 44.6 Å². The average Bonchev–Trinajstić information content (AvgIpc) is 3.43. The zero-order valence-electron chi connectivity index (χ0n) is 47.3. The third-order valence-corrected chi connectivity index (χ3v) is 14.9. The first kappa shape index (κ1) is 68.7. The van der Waals surface area contributed by atoms with Crippen LogP contribution in [0, 0.1) is 17.8 Å². The Kier molecular flexibility index (Phi) is 34.3. The largest absolute Gasteiger partial charge is 0.394 e. The van der Waals surface area contributed by atoms with Crippen molar-refractivity contribution in [3.8, 4) is 0 Å². The van der Waals surface area contributed by atoms with Gasteiger partial charge in [0.15, 0.2) is 12.6 Å². The van der Waals surface area contributed by atoms with Gasteiger partial charge in [0.2, 0.25) is 35.4 Å². The maximum Gasteiger partial charge on any atom is 0.242 e. The van der Waals surface area contributed by atoms with E-state index >= 15 is 0 Å². The highest BCUT2D eigenvalue weighted by molar-refractivity contribution is 5.87. The van der Waals surface area contributed by atoms with Crippen molar-refractivity contribution in [1.82, 2.24) is 31.9 Å². The lowest BCUT2D eigenvalue weighted by molar-refractivity contribution is -0.270. The molecule has 12 unspecified atom stereocenters. The van der Waals surface area contributed by atoms with E-state index in [1.54, 1.807) is 0 Å². The van der Waals surface area contributed by atoms with Gasteiger partial charge in [-0.15, -0.1) is 0 Å². The number of aliphatic hydroxyl groups is 6. The summed E-state index contributed by atoms with van der Waals surface area (Å²) >= 11 is 0. The number of aliphatic hydroxyl groups excluding tert-OH is 6. The predicted octanol–water partition coefficient (Wildman–Crippen LogP) is 1.24. The van der Waals surface area contributed by atoms with Crippen molar-refractivity contribution in [2.75, 3.05) is 52.7 Å². The van der Waals surface area contributed by atoms with Crippen LogP contribution in [0.1, 0.15) is 169 Å². The van der Waals surface area contributed by atoms with Crippen LogP contribution in [0.2, 0.25) is 0 Å². The number of carbonyl (C=O) groups is 6. The number of hydrogen-bond acceptors (Lipinski definition) is 17. The van der Waals surface area contributed by atoms with Crippen molar-refractivity contribution in [2.45, 2.75) is 243 Å². The Hall–Kier alpha value is -3.62. The van der Waals surface area contributed by atoms with Crippen LogP contribution in [0.4, 0.5) is 0 Å². The molecule has 3 rings (SSSR count). The van der Waals surface area contributed by atoms with Gasteiger partial charge in [0.1, 0.15) is 54.7 Å². The minimum absolute atomic E-state index is 0.0132. The molecule has 0 aromatic rings. The molecule has 0 aromatic heterocycles. The van der Waals surface area contributed by atoms with E-state index in [2.05, 4.69) is 52.7 Å². The fraction of sp³-hybridized carbons (Fsp3) is 0.891. The first-order valence-electron chi connectivity index (χ1n) is 29.1. The van der Waals surface area contributed by atoms with E-state index in [9.17, 15) is 59.4 Å². The number of nitrogens with one attached hydrogen (secondary N) is 6. The van der Waals surface area contributed by atoms with Crippen LogP contribution in [0.25, 0.3) is 0 Å². The van der Waals surface area contributed by atoms with Crippen molar-refractivity contribution in [1.29, 1.82) is 0 Å². The van der Waals surface area contributed by atoms with Crippen LogP contribution < -0.4 is 31.9 Å². The highest BCUT2D eigenvalue weighted by Crippen LogP contribution is 2.28. The first-order valence-corrected chi connectivity index (χ1v) is 29.1. The minimum atomic E-state index is -1.43. The molecule has 1 saturated carbocycles. The standard InChI is InChI=1S/C55H100N6O17/c1-6-39(34-76-40-24-22-35(2)23-25-40)30-36(3)31-58-45(67)20-10-7-14-27-57-53(73)41(61-46(68)21-12-9-17-29-75-55-48(60-38(5)65)52(72)50(70)43(33-63)78-55)18-13-15-26-56-44(66)19-11-8-16-28-74-54-47(59-37(4)64)51(71)49(69)42(32-62)77-54/h35-36,39-43,47-52,54-55,62-63,69-72H,6-34H2,1-5H3,(H,56,66)(H,57,73)(H,58,67)(H,59,64)(H,60,65)(H,61,68)/t35?,36?,39?,40?,41-,42?,43?,47?,48?,49?,50?,51?,52?,54?,55?/m0/s1. The van der Waals surface area contributed by atoms with E-state index < -0.39 is 92.4 Å². The second kappa shape index (κ2) is 38.9. The summed E-state index contributed by atoms with van der Waals surface area (Å²) in [7, 11) is 0. The Labute approximate surface area is 462 Å². The van der Waals surface area contributed by atoms with Gasteiger partial charge in [-0.3, -0.25) is 28.8 Å². The Morgan fingerprint density at radius 1 is 0.590 bits per heavy atom. The summed E-state index contributed by atoms with van der Waals surface area (Å²) in [5.41, 5.74) is 0. The second-order valence-electron chi connectivity index (χ2n) is 21.9. The highest BCUT2D eigenvalue weighted by atomic mass is 16.7. The molecule has 2 heterocycles. The van der Waals surface area contributed by atoms with Gasteiger partial charge in [-0.25, -0.2) is 0 Å². The number of hydrogen-bond donors (Lipinski definition) is 12. The molecule has 0 aromatic carbocycles. The van der Waals surface area contributed by atoms with Crippen LogP contribution in [0.3, 0.4) is 0 Å². The van der Waals surface area contributed by atoms with E-state index in [1.807, 2.05) is 0 Å². The van der Waals surface area contributed by atoms with Crippen molar-refractivity contribution in [3.63, 3.8) is 0 Å². The first-order chi connectivity index (χ1) is 37.4. The summed E-state index contributed by atoms with van der Waals surface area (Å²) < 4.78 is 29.0. The number of carbonyl (C=O) groups excluding carboxylic acids is 6. The molecule has 3 aliphatic rings. The van der Waals surface area contributed by atoms with Crippen molar-refractivity contribution in [2.24, 2.45) is 17.8 Å². The lowest BCUT2D eigenvalue weighted by Crippen LogP contribution is -2.64. The van der Waals surface area contributed by atoms with Crippen LogP contribution in [0.5, 0.6) is 0 Å². The van der Waals surface area contributed by atoms with Gasteiger partial charge in [-0.2, -0.15) is 0 Å². The SMILES string of the molecule is CCC(COC1CCC(C)CC1)CC(C)CNC(=O)CCCCCNC(=O)[C@H](CCCCNC(=O)CCCCCOC1OC(CO)C(O)C(O)C1NC(C)=O)NC(=O)CCCCCOC1OC(CO)C(O)C(O)C1NC(C)=O. The summed E-state index contributed by atoms with van der Waals surface area (Å²) in [6.45, 7) is 10.5. The summed E-state index contributed by atoms with van der Waals surface area (Å²) in [5.74, 6) is -0.0744. The maximum atomic E-state index is 13.5. The highest BCUT2D eigenvalue weighted by Gasteiger charge is 2.46. The summed E-state index contributed by atoms with van der Waals surface area (Å²) in [6.07, 6.45) is 4.67. The normalized spacial score (nSPS) is 27.4. The fourth-order valence-electron chi connectivity index (χ4n) is 10.1. The molecule has 1 aliphatic carbocycles. The topological polar surface area (TPSA) is 342 Å². The molecular formula is C55H100N6O17. The molecule has 0 bridgehead atoms. The van der Waals surface area contributed by atoms with Gasteiger partial charge >= 0.3 is 0 Å². The second-order valence-corrected chi connectivity index (χ2v) is 21.9.